The van der Waals surface area contributed by atoms with Crippen molar-refractivity contribution in [1.29, 1.82) is 0 Å². The maximum absolute atomic E-state index is 13.7. The molecule has 2 aromatic rings. The van der Waals surface area contributed by atoms with Crippen molar-refractivity contribution in [3.05, 3.63) is 71.8 Å². The number of likely N-dealkylation sites (tertiary alicyclic amines) is 1. The average Bonchev–Trinajstić information content (AvgIpc) is 2.98. The van der Waals surface area contributed by atoms with Gasteiger partial charge in [-0.05, 0) is 11.1 Å². The number of quaternary nitrogens is 1. The molecule has 1 atom stereocenters. The number of esters is 1. The van der Waals surface area contributed by atoms with Crippen LogP contribution in [-0.2, 0) is 15.1 Å². The number of benzene rings is 2. The largest absolute Gasteiger partial charge is 0.834 e. The second-order valence-electron chi connectivity index (χ2n) is 7.31. The van der Waals surface area contributed by atoms with Crippen LogP contribution in [-0.4, -0.2) is 43.7 Å². The van der Waals surface area contributed by atoms with Gasteiger partial charge in [0.15, 0.2) is 0 Å². The molecule has 0 N–H and O–H groups in total. The summed E-state index contributed by atoms with van der Waals surface area (Å²) < 4.78 is 6.40. The molecule has 0 bridgehead atoms. The number of nitrogens with zero attached hydrogens (tertiary/aromatic N) is 1. The molecule has 1 saturated heterocycles. The number of carbonyl (C=O) groups is 1. The minimum atomic E-state index is -2.04. The van der Waals surface area contributed by atoms with Gasteiger partial charge in [-0.3, -0.25) is 4.79 Å². The third-order valence-corrected chi connectivity index (χ3v) is 5.32. The van der Waals surface area contributed by atoms with Crippen molar-refractivity contribution >= 4 is 5.97 Å². The maximum atomic E-state index is 13.7. The molecule has 0 spiro atoms. The molecule has 1 unspecified atom stereocenters. The monoisotopic (exact) mass is 339 g/mol. The van der Waals surface area contributed by atoms with Gasteiger partial charge >= 0.3 is 5.97 Å². The van der Waals surface area contributed by atoms with E-state index in [4.69, 9.17) is 4.74 Å². The molecule has 132 valence electrons. The molecule has 1 aliphatic heterocycles. The molecule has 3 rings (SSSR count). The lowest BCUT2D eigenvalue weighted by molar-refractivity contribution is -0.902. The minimum absolute atomic E-state index is 0.250. The van der Waals surface area contributed by atoms with E-state index < -0.39 is 11.6 Å². The Hall–Kier alpha value is -2.17. The van der Waals surface area contributed by atoms with Crippen LogP contribution in [0.3, 0.4) is 0 Å². The fourth-order valence-electron chi connectivity index (χ4n) is 3.57. The van der Waals surface area contributed by atoms with Crippen molar-refractivity contribution in [3.63, 3.8) is 0 Å². The molecule has 25 heavy (non-hydrogen) atoms. The fraction of sp³-hybridized carbons (Fsp3) is 0.381. The van der Waals surface area contributed by atoms with Crippen LogP contribution in [0.25, 0.3) is 0 Å². The molecule has 2 aromatic carbocycles. The highest BCUT2D eigenvalue weighted by atomic mass is 16.6. The lowest BCUT2D eigenvalue weighted by atomic mass is 9.86. The summed E-state index contributed by atoms with van der Waals surface area (Å²) in [6, 6.07) is 17.8. The van der Waals surface area contributed by atoms with E-state index in [1.165, 1.54) is 0 Å². The number of likely N-dealkylation sites (N-methyl/N-ethyl adjacent to an activating group) is 1. The zero-order valence-electron chi connectivity index (χ0n) is 14.9. The molecule has 0 aliphatic carbocycles. The van der Waals surface area contributed by atoms with E-state index in [1.807, 2.05) is 12.1 Å². The Kier molecular flexibility index (Phi) is 4.93. The van der Waals surface area contributed by atoms with Gasteiger partial charge in [-0.1, -0.05) is 60.7 Å². The molecular weight excluding hydrogens is 314 g/mol. The first kappa shape index (κ1) is 17.6. The third-order valence-electron chi connectivity index (χ3n) is 5.32. The van der Waals surface area contributed by atoms with Crippen molar-refractivity contribution in [2.24, 2.45) is 0 Å². The summed E-state index contributed by atoms with van der Waals surface area (Å²) in [5.41, 5.74) is -1.23. The Bertz CT molecular complexity index is 673. The molecule has 4 heteroatoms. The Balaban J connectivity index is 1.86. The van der Waals surface area contributed by atoms with Gasteiger partial charge < -0.3 is 14.3 Å². The summed E-state index contributed by atoms with van der Waals surface area (Å²) in [6.45, 7) is 1.36. The molecule has 1 fully saturated rings. The van der Waals surface area contributed by atoms with Crippen LogP contribution in [0, 0.1) is 0 Å². The first-order valence-electron chi connectivity index (χ1n) is 8.76. The second-order valence-corrected chi connectivity index (χ2v) is 7.31. The van der Waals surface area contributed by atoms with Crippen LogP contribution in [0.1, 0.15) is 24.0 Å². The lowest BCUT2D eigenvalue weighted by Gasteiger charge is -2.39. The molecule has 0 aromatic heterocycles. The number of hydrogen-bond acceptors (Lipinski definition) is 3. The van der Waals surface area contributed by atoms with Crippen molar-refractivity contribution in [1.82, 2.24) is 0 Å². The summed E-state index contributed by atoms with van der Waals surface area (Å²) >= 11 is 0. The summed E-state index contributed by atoms with van der Waals surface area (Å²) in [4.78, 5) is 12.9. The average molecular weight is 339 g/mol. The zero-order valence-corrected chi connectivity index (χ0v) is 14.9. The molecule has 0 saturated carbocycles. The Morgan fingerprint density at radius 3 is 2.04 bits per heavy atom. The first-order valence-corrected chi connectivity index (χ1v) is 8.76. The smallest absolute Gasteiger partial charge is 0.304 e. The number of carbonyl (C=O) groups excluding carboxylic acids is 1. The highest BCUT2D eigenvalue weighted by Gasteiger charge is 2.37. The summed E-state index contributed by atoms with van der Waals surface area (Å²) in [7, 11) is 4.29. The van der Waals surface area contributed by atoms with Gasteiger partial charge in [-0.25, -0.2) is 0 Å². The minimum Gasteiger partial charge on any atom is -0.834 e. The maximum Gasteiger partial charge on any atom is 0.304 e. The Morgan fingerprint density at radius 2 is 1.60 bits per heavy atom. The van der Waals surface area contributed by atoms with Crippen LogP contribution in [0.5, 0.6) is 0 Å². The summed E-state index contributed by atoms with van der Waals surface area (Å²) in [6.07, 6.45) is 2.14. The van der Waals surface area contributed by atoms with E-state index in [0.29, 0.717) is 11.1 Å². The number of hydrogen-bond donors (Lipinski definition) is 0. The van der Waals surface area contributed by atoms with Gasteiger partial charge in [-0.15, -0.1) is 0 Å². The quantitative estimate of drug-likeness (QED) is 0.619. The van der Waals surface area contributed by atoms with E-state index in [-0.39, 0.29) is 12.6 Å². The molecule has 1 aliphatic rings. The van der Waals surface area contributed by atoms with Gasteiger partial charge in [0.2, 0.25) is 0 Å². The van der Waals surface area contributed by atoms with Crippen molar-refractivity contribution < 1.29 is 19.1 Å². The van der Waals surface area contributed by atoms with Crippen LogP contribution >= 0.6 is 0 Å². The SMILES string of the molecule is C[N+]1(C)CCCC1COC(=O)C([O-])(c1ccccc1)c1ccccc1. The Morgan fingerprint density at radius 1 is 1.08 bits per heavy atom. The fourth-order valence-corrected chi connectivity index (χ4v) is 3.57. The predicted molar refractivity (Wildman–Crippen MR) is 94.6 cm³/mol. The zero-order chi connectivity index (χ0) is 17.9. The molecular formula is C21H25NO3. The summed E-state index contributed by atoms with van der Waals surface area (Å²) in [5, 5.41) is 13.7. The van der Waals surface area contributed by atoms with Crippen LogP contribution < -0.4 is 5.11 Å². The van der Waals surface area contributed by atoms with Crippen LogP contribution in [0.2, 0.25) is 0 Å². The van der Waals surface area contributed by atoms with E-state index in [1.54, 1.807) is 48.5 Å². The number of ether oxygens (including phenoxy) is 1. The number of rotatable bonds is 5. The molecule has 0 amide bonds. The first-order chi connectivity index (χ1) is 11.9. The van der Waals surface area contributed by atoms with Gasteiger partial charge in [0.1, 0.15) is 12.6 Å². The topological polar surface area (TPSA) is 49.4 Å². The highest BCUT2D eigenvalue weighted by molar-refractivity contribution is 5.85. The van der Waals surface area contributed by atoms with E-state index in [0.717, 1.165) is 23.9 Å². The van der Waals surface area contributed by atoms with Gasteiger partial charge in [-0.2, -0.15) is 0 Å². The van der Waals surface area contributed by atoms with Crippen molar-refractivity contribution in [2.45, 2.75) is 24.5 Å². The van der Waals surface area contributed by atoms with E-state index >= 15 is 0 Å². The highest BCUT2D eigenvalue weighted by Crippen LogP contribution is 2.29. The van der Waals surface area contributed by atoms with Crippen LogP contribution in [0.15, 0.2) is 60.7 Å². The standard InChI is InChI=1S/C21H25NO3/c1-22(2)15-9-14-19(22)16-25-20(23)21(24,17-10-5-3-6-11-17)18-12-7-4-8-13-18/h3-8,10-13,19H,9,14-16H2,1-2H3. The predicted octanol–water partition coefficient (Wildman–Crippen LogP) is 2.07. The molecule has 0 radical (unpaired) electrons. The third kappa shape index (κ3) is 3.46. The summed E-state index contributed by atoms with van der Waals surface area (Å²) in [5.74, 6) is -0.725. The normalized spacial score (nSPS) is 19.6. The van der Waals surface area contributed by atoms with Crippen LogP contribution in [0.4, 0.5) is 0 Å². The van der Waals surface area contributed by atoms with Gasteiger partial charge in [0, 0.05) is 18.4 Å². The van der Waals surface area contributed by atoms with E-state index in [9.17, 15) is 9.90 Å². The van der Waals surface area contributed by atoms with Crippen molar-refractivity contribution in [3.8, 4) is 0 Å². The van der Waals surface area contributed by atoms with Gasteiger partial charge in [0.25, 0.3) is 0 Å². The Labute approximate surface area is 149 Å². The molecule has 4 nitrogen and oxygen atoms in total. The lowest BCUT2D eigenvalue weighted by Crippen LogP contribution is -2.52. The molecule has 1 heterocycles. The second kappa shape index (κ2) is 6.98. The van der Waals surface area contributed by atoms with Crippen molar-refractivity contribution in [2.75, 3.05) is 27.2 Å². The van der Waals surface area contributed by atoms with Gasteiger partial charge in [0.05, 0.1) is 20.6 Å². The van der Waals surface area contributed by atoms with E-state index in [2.05, 4.69) is 14.1 Å².